The topological polar surface area (TPSA) is 119 Å². The Morgan fingerprint density at radius 1 is 1.03 bits per heavy atom. The first kappa shape index (κ1) is 26.2. The summed E-state index contributed by atoms with van der Waals surface area (Å²) in [4.78, 5) is 11.6. The Morgan fingerprint density at radius 3 is 2.31 bits per heavy atom. The van der Waals surface area contributed by atoms with Gasteiger partial charge in [0, 0.05) is 28.3 Å². The number of sulfonamides is 1. The van der Waals surface area contributed by atoms with Crippen LogP contribution < -0.4 is 19.5 Å². The second kappa shape index (κ2) is 10.5. The van der Waals surface area contributed by atoms with E-state index in [0.717, 1.165) is 12.1 Å². The van der Waals surface area contributed by atoms with E-state index in [0.29, 0.717) is 10.4 Å². The van der Waals surface area contributed by atoms with Gasteiger partial charge in [-0.05, 0) is 36.4 Å². The zero-order valence-corrected chi connectivity index (χ0v) is 20.1. The lowest BCUT2D eigenvalue weighted by molar-refractivity contribution is -0.116. The van der Waals surface area contributed by atoms with Gasteiger partial charge in [0.15, 0.2) is 11.5 Å². The molecule has 0 fully saturated rings. The number of benzene rings is 3. The van der Waals surface area contributed by atoms with Crippen LogP contribution in [-0.2, 0) is 14.8 Å². The molecule has 0 aliphatic carbocycles. The average molecular weight is 527 g/mol. The molecule has 0 bridgehead atoms. The van der Waals surface area contributed by atoms with E-state index in [1.807, 2.05) is 0 Å². The van der Waals surface area contributed by atoms with Gasteiger partial charge in [0.2, 0.25) is 5.91 Å². The van der Waals surface area contributed by atoms with Crippen LogP contribution in [0.5, 0.6) is 11.5 Å². The van der Waals surface area contributed by atoms with Crippen LogP contribution >= 0.6 is 11.6 Å². The minimum Gasteiger partial charge on any atom is -0.493 e. The highest BCUT2D eigenvalue weighted by molar-refractivity contribution is 7.92. The number of nitrogens with two attached hydrogens (primary N) is 1. The van der Waals surface area contributed by atoms with Crippen LogP contribution in [0.15, 0.2) is 59.5 Å². The Morgan fingerprint density at radius 2 is 1.71 bits per heavy atom. The predicted octanol–water partition coefficient (Wildman–Crippen LogP) is 3.40. The summed E-state index contributed by atoms with van der Waals surface area (Å²) in [6, 6.07) is 10.1. The molecule has 35 heavy (non-hydrogen) atoms. The van der Waals surface area contributed by atoms with E-state index in [-0.39, 0.29) is 38.2 Å². The van der Waals surface area contributed by atoms with Gasteiger partial charge in [0.1, 0.15) is 24.3 Å². The molecule has 12 heteroatoms. The molecule has 0 aromatic heterocycles. The third-order valence-electron chi connectivity index (χ3n) is 5.05. The van der Waals surface area contributed by atoms with E-state index in [2.05, 4.69) is 0 Å². The number of halogens is 3. The quantitative estimate of drug-likeness (QED) is 0.441. The van der Waals surface area contributed by atoms with Crippen LogP contribution in [0.3, 0.4) is 0 Å². The van der Waals surface area contributed by atoms with Crippen LogP contribution in [0.25, 0.3) is 0 Å². The van der Waals surface area contributed by atoms with Gasteiger partial charge in [0.25, 0.3) is 10.0 Å². The SMILES string of the molecule is COc1ccc(S(=O)(=O)N(CC(N)=O)c2ccc(Cl)cc2C(O)c2ccc(F)cc2F)cc1OC. The van der Waals surface area contributed by atoms with E-state index in [9.17, 15) is 27.1 Å². The van der Waals surface area contributed by atoms with E-state index in [4.69, 9.17) is 26.8 Å². The van der Waals surface area contributed by atoms with Crippen molar-refractivity contribution in [2.45, 2.75) is 11.0 Å². The summed E-state index contributed by atoms with van der Waals surface area (Å²) < 4.78 is 66.0. The second-order valence-electron chi connectivity index (χ2n) is 7.27. The van der Waals surface area contributed by atoms with Crippen molar-refractivity contribution in [3.8, 4) is 11.5 Å². The van der Waals surface area contributed by atoms with Crippen molar-refractivity contribution in [1.29, 1.82) is 0 Å². The molecule has 1 unspecified atom stereocenters. The Hall–Kier alpha value is -3.41. The number of anilines is 1. The van der Waals surface area contributed by atoms with Gasteiger partial charge in [-0.15, -0.1) is 0 Å². The Balaban J connectivity index is 2.21. The number of aliphatic hydroxyl groups excluding tert-OH is 1. The lowest BCUT2D eigenvalue weighted by atomic mass is 9.99. The number of carbonyl (C=O) groups is 1. The van der Waals surface area contributed by atoms with Gasteiger partial charge in [-0.3, -0.25) is 9.10 Å². The number of hydrogen-bond donors (Lipinski definition) is 2. The lowest BCUT2D eigenvalue weighted by Gasteiger charge is -2.27. The van der Waals surface area contributed by atoms with Gasteiger partial charge >= 0.3 is 0 Å². The minimum atomic E-state index is -4.49. The minimum absolute atomic E-state index is 0.0906. The van der Waals surface area contributed by atoms with Gasteiger partial charge < -0.3 is 20.3 Å². The van der Waals surface area contributed by atoms with Crippen molar-refractivity contribution in [1.82, 2.24) is 0 Å². The Bertz CT molecular complexity index is 1370. The maximum atomic E-state index is 14.4. The number of carbonyl (C=O) groups excluding carboxylic acids is 1. The molecule has 3 N–H and O–H groups in total. The highest BCUT2D eigenvalue weighted by Gasteiger charge is 2.31. The fraction of sp³-hybridized carbons (Fsp3) is 0.174. The molecule has 0 heterocycles. The number of hydrogen-bond acceptors (Lipinski definition) is 6. The van der Waals surface area contributed by atoms with Crippen molar-refractivity contribution in [2.24, 2.45) is 5.73 Å². The van der Waals surface area contributed by atoms with Gasteiger partial charge in [0.05, 0.1) is 24.8 Å². The van der Waals surface area contributed by atoms with Gasteiger partial charge in [-0.2, -0.15) is 0 Å². The largest absolute Gasteiger partial charge is 0.493 e. The fourth-order valence-electron chi connectivity index (χ4n) is 3.41. The number of nitrogens with zero attached hydrogens (tertiary/aromatic N) is 1. The monoisotopic (exact) mass is 526 g/mol. The molecule has 0 spiro atoms. The third kappa shape index (κ3) is 5.47. The predicted molar refractivity (Wildman–Crippen MR) is 125 cm³/mol. The molecule has 0 saturated heterocycles. The average Bonchev–Trinajstić information content (AvgIpc) is 2.81. The standard InChI is InChI=1S/C23H21ClF2N2O6S/c1-33-20-8-5-15(11-21(20)34-2)35(31,32)28(12-22(27)29)19-7-3-13(24)9-17(19)23(30)16-6-4-14(25)10-18(16)26/h3-11,23,30H,12H2,1-2H3,(H2,27,29). The molecule has 1 atom stereocenters. The summed E-state index contributed by atoms with van der Waals surface area (Å²) in [5.41, 5.74) is 4.65. The van der Waals surface area contributed by atoms with Crippen molar-refractivity contribution in [3.05, 3.63) is 82.4 Å². The maximum absolute atomic E-state index is 14.4. The number of ether oxygens (including phenoxy) is 2. The fourth-order valence-corrected chi connectivity index (χ4v) is 5.06. The molecule has 0 saturated carbocycles. The van der Waals surface area contributed by atoms with E-state index < -0.39 is 40.2 Å². The molecule has 0 aliphatic heterocycles. The molecular weight excluding hydrogens is 506 g/mol. The van der Waals surface area contributed by atoms with Crippen LogP contribution in [0, 0.1) is 11.6 Å². The first-order chi connectivity index (χ1) is 16.5. The number of amides is 1. The van der Waals surface area contributed by atoms with Crippen LogP contribution in [0.2, 0.25) is 5.02 Å². The summed E-state index contributed by atoms with van der Waals surface area (Å²) in [6.45, 7) is -0.816. The molecule has 3 rings (SSSR count). The first-order valence-corrected chi connectivity index (χ1v) is 11.8. The Labute approximate surface area is 205 Å². The number of aliphatic hydroxyl groups is 1. The smallest absolute Gasteiger partial charge is 0.264 e. The van der Waals surface area contributed by atoms with E-state index in [1.54, 1.807) is 0 Å². The van der Waals surface area contributed by atoms with Crippen molar-refractivity contribution in [3.63, 3.8) is 0 Å². The van der Waals surface area contributed by atoms with E-state index in [1.165, 1.54) is 50.6 Å². The normalized spacial score (nSPS) is 12.2. The zero-order chi connectivity index (χ0) is 25.9. The van der Waals surface area contributed by atoms with Gasteiger partial charge in [-0.1, -0.05) is 17.7 Å². The maximum Gasteiger partial charge on any atom is 0.264 e. The second-order valence-corrected chi connectivity index (χ2v) is 9.57. The highest BCUT2D eigenvalue weighted by Crippen LogP contribution is 2.38. The number of rotatable bonds is 9. The molecule has 0 radical (unpaired) electrons. The summed E-state index contributed by atoms with van der Waals surface area (Å²) in [5.74, 6) is -2.55. The molecule has 3 aromatic rings. The molecule has 1 amide bonds. The Kier molecular flexibility index (Phi) is 7.83. The van der Waals surface area contributed by atoms with Crippen molar-refractivity contribution < 1.29 is 36.6 Å². The van der Waals surface area contributed by atoms with Crippen LogP contribution in [0.4, 0.5) is 14.5 Å². The lowest BCUT2D eigenvalue weighted by Crippen LogP contribution is -2.39. The third-order valence-corrected chi connectivity index (χ3v) is 7.04. The van der Waals surface area contributed by atoms with Gasteiger partial charge in [-0.25, -0.2) is 17.2 Å². The molecule has 3 aromatic carbocycles. The molecule has 8 nitrogen and oxygen atoms in total. The summed E-state index contributed by atoms with van der Waals surface area (Å²) >= 11 is 6.07. The van der Waals surface area contributed by atoms with E-state index >= 15 is 0 Å². The van der Waals surface area contributed by atoms with Crippen molar-refractivity contribution in [2.75, 3.05) is 25.1 Å². The summed E-state index contributed by atoms with van der Waals surface area (Å²) in [6.07, 6.45) is -1.76. The van der Waals surface area contributed by atoms with Crippen molar-refractivity contribution >= 4 is 33.2 Å². The molecule has 0 aliphatic rings. The number of methoxy groups -OCH3 is 2. The van der Waals surface area contributed by atoms with Crippen LogP contribution in [-0.4, -0.2) is 40.2 Å². The molecular formula is C23H21ClF2N2O6S. The number of primary amides is 1. The highest BCUT2D eigenvalue weighted by atomic mass is 35.5. The molecule has 186 valence electrons. The van der Waals surface area contributed by atoms with Crippen LogP contribution in [0.1, 0.15) is 17.2 Å². The summed E-state index contributed by atoms with van der Waals surface area (Å²) in [5, 5.41) is 11.0. The first-order valence-electron chi connectivity index (χ1n) is 9.95. The zero-order valence-electron chi connectivity index (χ0n) is 18.5. The summed E-state index contributed by atoms with van der Waals surface area (Å²) in [7, 11) is -1.79.